The minimum absolute atomic E-state index is 0.215. The van der Waals surface area contributed by atoms with Gasteiger partial charge in [0.2, 0.25) is 0 Å². The van der Waals surface area contributed by atoms with Crippen LogP contribution >= 0.6 is 0 Å². The monoisotopic (exact) mass is 232 g/mol. The van der Waals surface area contributed by atoms with Crippen LogP contribution in [-0.4, -0.2) is 24.0 Å². The van der Waals surface area contributed by atoms with Crippen molar-refractivity contribution in [3.8, 4) is 5.75 Å². The fourth-order valence-corrected chi connectivity index (χ4v) is 1.95. The molecule has 0 atom stereocenters. The van der Waals surface area contributed by atoms with Crippen molar-refractivity contribution < 1.29 is 19.4 Å². The molecule has 0 heterocycles. The fourth-order valence-electron chi connectivity index (χ4n) is 1.95. The molecule has 1 aliphatic carbocycles. The number of carbonyl (C=O) groups excluding carboxylic acids is 1. The van der Waals surface area contributed by atoms with Crippen LogP contribution in [0.3, 0.4) is 0 Å². The van der Waals surface area contributed by atoms with Crippen molar-refractivity contribution in [3.05, 3.63) is 41.0 Å². The van der Waals surface area contributed by atoms with E-state index in [1.807, 2.05) is 6.07 Å². The number of Topliss-reactive ketones (excluding diaryl/α,β-unsaturated/α-hetero) is 1. The average molecular weight is 232 g/mol. The van der Waals surface area contributed by atoms with Crippen molar-refractivity contribution >= 4 is 11.8 Å². The summed E-state index contributed by atoms with van der Waals surface area (Å²) >= 11 is 0. The Kier molecular flexibility index (Phi) is 2.95. The van der Waals surface area contributed by atoms with Gasteiger partial charge in [0.15, 0.2) is 5.78 Å². The number of carboxylic acids is 1. The van der Waals surface area contributed by atoms with Gasteiger partial charge in [0.25, 0.3) is 0 Å². The second kappa shape index (κ2) is 4.41. The molecule has 0 unspecified atom stereocenters. The lowest BCUT2D eigenvalue weighted by molar-refractivity contribution is -0.131. The van der Waals surface area contributed by atoms with Crippen molar-refractivity contribution in [1.29, 1.82) is 0 Å². The van der Waals surface area contributed by atoms with Gasteiger partial charge in [-0.3, -0.25) is 4.79 Å². The molecule has 4 nitrogen and oxygen atoms in total. The number of carbonyl (C=O) groups is 2. The highest BCUT2D eigenvalue weighted by atomic mass is 16.5. The van der Waals surface area contributed by atoms with Crippen molar-refractivity contribution in [1.82, 2.24) is 0 Å². The molecule has 2 rings (SSSR count). The van der Waals surface area contributed by atoms with Crippen LogP contribution in [-0.2, 0) is 11.2 Å². The Labute approximate surface area is 98.5 Å². The maximum atomic E-state index is 12.0. The summed E-state index contributed by atoms with van der Waals surface area (Å²) in [5.74, 6) is -0.694. The van der Waals surface area contributed by atoms with E-state index in [1.54, 1.807) is 12.1 Å². The lowest BCUT2D eigenvalue weighted by Gasteiger charge is -2.17. The van der Waals surface area contributed by atoms with Crippen LogP contribution in [0.25, 0.3) is 0 Å². The van der Waals surface area contributed by atoms with Gasteiger partial charge in [-0.2, -0.15) is 0 Å². The van der Waals surface area contributed by atoms with Crippen LogP contribution in [0.2, 0.25) is 0 Å². The molecule has 0 bridgehead atoms. The number of ether oxygens (including phenoxy) is 1. The molecule has 1 aromatic rings. The van der Waals surface area contributed by atoms with Gasteiger partial charge >= 0.3 is 5.97 Å². The van der Waals surface area contributed by atoms with Gasteiger partial charge in [-0.25, -0.2) is 4.79 Å². The Morgan fingerprint density at radius 1 is 1.41 bits per heavy atom. The first kappa shape index (κ1) is 11.4. The zero-order valence-electron chi connectivity index (χ0n) is 9.40. The number of rotatable bonds is 2. The highest BCUT2D eigenvalue weighted by molar-refractivity contribution is 6.13. The third kappa shape index (κ3) is 2.20. The number of fused-ring (bicyclic) bond motifs is 1. The smallest absolute Gasteiger partial charge is 0.328 e. The SMILES string of the molecule is COc1ccc2c(c1)C(=O)/C(=C\C(=O)O)CC2. The molecule has 0 saturated carbocycles. The lowest BCUT2D eigenvalue weighted by Crippen LogP contribution is -2.15. The summed E-state index contributed by atoms with van der Waals surface area (Å²) < 4.78 is 5.06. The fraction of sp³-hybridized carbons (Fsp3) is 0.231. The van der Waals surface area contributed by atoms with Crippen molar-refractivity contribution in [2.24, 2.45) is 0 Å². The van der Waals surface area contributed by atoms with E-state index < -0.39 is 5.97 Å². The van der Waals surface area contributed by atoms with Gasteiger partial charge in [0.1, 0.15) is 5.75 Å². The number of hydrogen-bond donors (Lipinski definition) is 1. The van der Waals surface area contributed by atoms with E-state index in [0.717, 1.165) is 11.6 Å². The van der Waals surface area contributed by atoms with E-state index in [0.29, 0.717) is 29.7 Å². The molecule has 88 valence electrons. The standard InChI is InChI=1S/C13H12O4/c1-17-10-5-4-8-2-3-9(6-12(14)15)13(16)11(8)7-10/h4-7H,2-3H2,1H3,(H,14,15)/b9-6-. The van der Waals surface area contributed by atoms with Gasteiger partial charge in [0.05, 0.1) is 7.11 Å². The summed E-state index contributed by atoms with van der Waals surface area (Å²) in [7, 11) is 1.53. The summed E-state index contributed by atoms with van der Waals surface area (Å²) in [6, 6.07) is 5.31. The topological polar surface area (TPSA) is 63.6 Å². The molecular weight excluding hydrogens is 220 g/mol. The molecule has 1 N–H and O–H groups in total. The van der Waals surface area contributed by atoms with E-state index in [2.05, 4.69) is 0 Å². The van der Waals surface area contributed by atoms with Crippen molar-refractivity contribution in [2.75, 3.05) is 7.11 Å². The van der Waals surface area contributed by atoms with E-state index in [4.69, 9.17) is 9.84 Å². The van der Waals surface area contributed by atoms with E-state index >= 15 is 0 Å². The molecule has 0 aliphatic heterocycles. The number of carboxylic acid groups (broad SMARTS) is 1. The largest absolute Gasteiger partial charge is 0.497 e. The summed E-state index contributed by atoms with van der Waals surface area (Å²) in [6.45, 7) is 0. The summed E-state index contributed by atoms with van der Waals surface area (Å²) in [5.41, 5.74) is 1.83. The van der Waals surface area contributed by atoms with Crippen LogP contribution < -0.4 is 4.74 Å². The number of ketones is 1. The quantitative estimate of drug-likeness (QED) is 0.790. The van der Waals surface area contributed by atoms with Gasteiger partial charge in [-0.15, -0.1) is 0 Å². The molecule has 0 fully saturated rings. The Hall–Kier alpha value is -2.10. The van der Waals surface area contributed by atoms with Crippen molar-refractivity contribution in [3.63, 3.8) is 0 Å². The zero-order chi connectivity index (χ0) is 12.4. The Balaban J connectivity index is 2.43. The number of hydrogen-bond acceptors (Lipinski definition) is 3. The predicted molar refractivity (Wildman–Crippen MR) is 61.4 cm³/mol. The zero-order valence-corrected chi connectivity index (χ0v) is 9.40. The molecule has 4 heteroatoms. The maximum absolute atomic E-state index is 12.0. The molecular formula is C13H12O4. The first-order chi connectivity index (χ1) is 8.11. The van der Waals surface area contributed by atoms with E-state index in [9.17, 15) is 9.59 Å². The Morgan fingerprint density at radius 2 is 2.18 bits per heavy atom. The normalized spacial score (nSPS) is 16.8. The minimum atomic E-state index is -1.08. The summed E-state index contributed by atoms with van der Waals surface area (Å²) in [6.07, 6.45) is 2.15. The van der Waals surface area contributed by atoms with Crippen LogP contribution in [0.4, 0.5) is 0 Å². The van der Waals surface area contributed by atoms with E-state index in [-0.39, 0.29) is 5.78 Å². The summed E-state index contributed by atoms with van der Waals surface area (Å²) in [4.78, 5) is 22.6. The highest BCUT2D eigenvalue weighted by Gasteiger charge is 2.22. The number of benzene rings is 1. The molecule has 1 aromatic carbocycles. The minimum Gasteiger partial charge on any atom is -0.497 e. The third-order valence-electron chi connectivity index (χ3n) is 2.81. The van der Waals surface area contributed by atoms with Gasteiger partial charge in [0, 0.05) is 17.2 Å². The predicted octanol–water partition coefficient (Wildman–Crippen LogP) is 1.84. The van der Waals surface area contributed by atoms with Gasteiger partial charge < -0.3 is 9.84 Å². The number of methoxy groups -OCH3 is 1. The van der Waals surface area contributed by atoms with Gasteiger partial charge in [-0.1, -0.05) is 6.07 Å². The molecule has 1 aliphatic rings. The second-order valence-corrected chi connectivity index (χ2v) is 3.86. The van der Waals surface area contributed by atoms with Crippen LogP contribution in [0, 0.1) is 0 Å². The lowest BCUT2D eigenvalue weighted by atomic mass is 9.86. The van der Waals surface area contributed by atoms with Crippen LogP contribution in [0.5, 0.6) is 5.75 Å². The third-order valence-corrected chi connectivity index (χ3v) is 2.81. The number of aryl methyl sites for hydroxylation is 1. The van der Waals surface area contributed by atoms with Gasteiger partial charge in [-0.05, 0) is 30.5 Å². The van der Waals surface area contributed by atoms with Crippen molar-refractivity contribution in [2.45, 2.75) is 12.8 Å². The highest BCUT2D eigenvalue weighted by Crippen LogP contribution is 2.28. The molecule has 0 spiro atoms. The first-order valence-electron chi connectivity index (χ1n) is 5.27. The van der Waals surface area contributed by atoms with Crippen LogP contribution in [0.1, 0.15) is 22.3 Å². The molecule has 0 saturated heterocycles. The Morgan fingerprint density at radius 3 is 2.82 bits per heavy atom. The molecule has 17 heavy (non-hydrogen) atoms. The first-order valence-corrected chi connectivity index (χ1v) is 5.27. The number of allylic oxidation sites excluding steroid dienone is 1. The number of aliphatic carboxylic acids is 1. The molecule has 0 radical (unpaired) electrons. The molecule has 0 amide bonds. The van der Waals surface area contributed by atoms with Crippen LogP contribution in [0.15, 0.2) is 29.8 Å². The van der Waals surface area contributed by atoms with E-state index in [1.165, 1.54) is 7.11 Å². The summed E-state index contributed by atoms with van der Waals surface area (Å²) in [5, 5.41) is 8.68. The molecule has 0 aromatic heterocycles. The Bertz CT molecular complexity index is 514. The maximum Gasteiger partial charge on any atom is 0.328 e. The average Bonchev–Trinajstić information content (AvgIpc) is 2.32. The second-order valence-electron chi connectivity index (χ2n) is 3.86.